The smallest absolute Gasteiger partial charge is 0.310 e. The van der Waals surface area contributed by atoms with Crippen LogP contribution in [0.2, 0.25) is 0 Å². The highest BCUT2D eigenvalue weighted by atomic mass is 32.1. The third kappa shape index (κ3) is 9.75. The van der Waals surface area contributed by atoms with Crippen molar-refractivity contribution in [2.45, 2.75) is 58.3 Å². The average Bonchev–Trinajstić information content (AvgIpc) is 3.21. The molecule has 1 aromatic carbocycles. The summed E-state index contributed by atoms with van der Waals surface area (Å²) in [5, 5.41) is 5.58. The average molecular weight is 400 g/mol. The van der Waals surface area contributed by atoms with Crippen LogP contribution >= 0.6 is 11.3 Å². The normalized spacial score (nSPS) is 11.0. The van der Waals surface area contributed by atoms with Gasteiger partial charge in [-0.1, -0.05) is 50.0 Å². The predicted octanol–water partition coefficient (Wildman–Crippen LogP) is 6.71. The van der Waals surface area contributed by atoms with Gasteiger partial charge in [0.15, 0.2) is 0 Å². The summed E-state index contributed by atoms with van der Waals surface area (Å²) in [4.78, 5) is 12.8. The fraction of sp³-hybridized carbons (Fsp3) is 0.458. The number of carbonyl (C=O) groups is 1. The molecule has 152 valence electrons. The Balaban J connectivity index is 1.44. The number of hydrogen-bond acceptors (Lipinski definition) is 4. The summed E-state index contributed by atoms with van der Waals surface area (Å²) < 4.78 is 4.97. The number of unbranched alkanes of at least 4 members (excludes halogenated alkanes) is 6. The van der Waals surface area contributed by atoms with Crippen molar-refractivity contribution in [3.8, 4) is 0 Å². The third-order valence-corrected chi connectivity index (χ3v) is 5.40. The second kappa shape index (κ2) is 14.0. The molecule has 0 unspecified atom stereocenters. The van der Waals surface area contributed by atoms with Gasteiger partial charge in [0.25, 0.3) is 0 Å². The molecular formula is C24H33NO2S. The standard InChI is InChI=1S/C24H33NO2S/c1-2-27-24(26)20-21-14-16-22(17-15-21)25-18-10-8-6-4-3-5-7-9-12-23-13-11-19-28-23/h9,11-17,19,25H,2-8,10,18,20H2,1H3/b12-9+. The minimum absolute atomic E-state index is 0.165. The van der Waals surface area contributed by atoms with Crippen molar-refractivity contribution >= 4 is 29.1 Å². The monoisotopic (exact) mass is 399 g/mol. The first-order valence-corrected chi connectivity index (χ1v) is 11.3. The molecule has 1 aromatic heterocycles. The Kier molecular flexibility index (Phi) is 11.1. The minimum Gasteiger partial charge on any atom is -0.466 e. The van der Waals surface area contributed by atoms with Gasteiger partial charge in [-0.15, -0.1) is 11.3 Å². The fourth-order valence-electron chi connectivity index (χ4n) is 3.03. The Hall–Kier alpha value is -2.07. The van der Waals surface area contributed by atoms with Crippen LogP contribution < -0.4 is 5.32 Å². The van der Waals surface area contributed by atoms with Crippen LogP contribution in [0.25, 0.3) is 6.08 Å². The van der Waals surface area contributed by atoms with Gasteiger partial charge < -0.3 is 10.1 Å². The van der Waals surface area contributed by atoms with Crippen molar-refractivity contribution in [1.82, 2.24) is 0 Å². The van der Waals surface area contributed by atoms with Crippen molar-refractivity contribution in [2.24, 2.45) is 0 Å². The van der Waals surface area contributed by atoms with Gasteiger partial charge in [-0.3, -0.25) is 4.79 Å². The zero-order chi connectivity index (χ0) is 19.9. The van der Waals surface area contributed by atoms with Gasteiger partial charge in [0.1, 0.15) is 0 Å². The van der Waals surface area contributed by atoms with E-state index in [1.807, 2.05) is 31.2 Å². The number of thiophene rings is 1. The molecule has 0 aliphatic rings. The number of allylic oxidation sites excluding steroid dienone is 1. The molecule has 3 nitrogen and oxygen atoms in total. The van der Waals surface area contributed by atoms with E-state index in [1.54, 1.807) is 11.3 Å². The van der Waals surface area contributed by atoms with E-state index < -0.39 is 0 Å². The third-order valence-electron chi connectivity index (χ3n) is 4.56. The maximum Gasteiger partial charge on any atom is 0.310 e. The van der Waals surface area contributed by atoms with Crippen molar-refractivity contribution in [1.29, 1.82) is 0 Å². The molecule has 0 fully saturated rings. The van der Waals surface area contributed by atoms with Crippen molar-refractivity contribution in [3.63, 3.8) is 0 Å². The molecular weight excluding hydrogens is 366 g/mol. The van der Waals surface area contributed by atoms with Crippen LogP contribution in [0.1, 0.15) is 62.3 Å². The van der Waals surface area contributed by atoms with Crippen LogP contribution in [0.3, 0.4) is 0 Å². The number of anilines is 1. The molecule has 2 rings (SSSR count). The first-order valence-electron chi connectivity index (χ1n) is 10.5. The number of carbonyl (C=O) groups excluding carboxylic acids is 1. The summed E-state index contributed by atoms with van der Waals surface area (Å²) in [6.07, 6.45) is 13.8. The number of nitrogens with one attached hydrogen (secondary N) is 1. The van der Waals surface area contributed by atoms with Crippen molar-refractivity contribution < 1.29 is 9.53 Å². The maximum atomic E-state index is 11.5. The molecule has 0 aliphatic carbocycles. The van der Waals surface area contributed by atoms with Gasteiger partial charge in [0.05, 0.1) is 13.0 Å². The van der Waals surface area contributed by atoms with E-state index in [0.29, 0.717) is 13.0 Å². The Morgan fingerprint density at radius 2 is 1.79 bits per heavy atom. The van der Waals surface area contributed by atoms with Crippen LogP contribution in [0.4, 0.5) is 5.69 Å². The zero-order valence-electron chi connectivity index (χ0n) is 17.0. The molecule has 2 aromatic rings. The Labute approximate surface area is 173 Å². The fourth-order valence-corrected chi connectivity index (χ4v) is 3.68. The van der Waals surface area contributed by atoms with Gasteiger partial charge in [-0.05, 0) is 61.4 Å². The summed E-state index contributed by atoms with van der Waals surface area (Å²) in [6.45, 7) is 3.27. The molecule has 0 amide bonds. The van der Waals surface area contributed by atoms with Crippen LogP contribution in [-0.4, -0.2) is 19.1 Å². The molecule has 0 spiro atoms. The Morgan fingerprint density at radius 1 is 1.04 bits per heavy atom. The summed E-state index contributed by atoms with van der Waals surface area (Å²) in [6, 6.07) is 12.3. The molecule has 0 aliphatic heterocycles. The Morgan fingerprint density at radius 3 is 2.50 bits per heavy atom. The van der Waals surface area contributed by atoms with E-state index in [2.05, 4.69) is 35.0 Å². The van der Waals surface area contributed by atoms with E-state index in [0.717, 1.165) is 17.8 Å². The highest BCUT2D eigenvalue weighted by Crippen LogP contribution is 2.13. The molecule has 4 heteroatoms. The van der Waals surface area contributed by atoms with E-state index in [9.17, 15) is 4.79 Å². The summed E-state index contributed by atoms with van der Waals surface area (Å²) in [7, 11) is 0. The van der Waals surface area contributed by atoms with Crippen LogP contribution in [0.15, 0.2) is 47.9 Å². The minimum atomic E-state index is -0.165. The highest BCUT2D eigenvalue weighted by Gasteiger charge is 2.03. The molecule has 1 heterocycles. The predicted molar refractivity (Wildman–Crippen MR) is 121 cm³/mol. The van der Waals surface area contributed by atoms with Gasteiger partial charge in [-0.25, -0.2) is 0 Å². The summed E-state index contributed by atoms with van der Waals surface area (Å²) in [5.41, 5.74) is 2.11. The topological polar surface area (TPSA) is 38.3 Å². The molecule has 28 heavy (non-hydrogen) atoms. The van der Waals surface area contributed by atoms with Gasteiger partial charge in [0, 0.05) is 17.1 Å². The zero-order valence-corrected chi connectivity index (χ0v) is 17.8. The van der Waals surface area contributed by atoms with Crippen LogP contribution in [0.5, 0.6) is 0 Å². The lowest BCUT2D eigenvalue weighted by Gasteiger charge is -2.08. The molecule has 0 saturated heterocycles. The van der Waals surface area contributed by atoms with Crippen molar-refractivity contribution in [2.75, 3.05) is 18.5 Å². The highest BCUT2D eigenvalue weighted by molar-refractivity contribution is 7.10. The van der Waals surface area contributed by atoms with Gasteiger partial charge in [-0.2, -0.15) is 0 Å². The SMILES string of the molecule is CCOC(=O)Cc1ccc(NCCCCCCCC/C=C/c2cccs2)cc1. The second-order valence-electron chi connectivity index (χ2n) is 6.93. The first kappa shape index (κ1) is 22.2. The Bertz CT molecular complexity index is 677. The van der Waals surface area contributed by atoms with E-state index >= 15 is 0 Å². The number of rotatable bonds is 14. The van der Waals surface area contributed by atoms with E-state index in [-0.39, 0.29) is 5.97 Å². The molecule has 1 N–H and O–H groups in total. The first-order chi connectivity index (χ1) is 13.8. The number of benzene rings is 1. The lowest BCUT2D eigenvalue weighted by Crippen LogP contribution is -2.07. The van der Waals surface area contributed by atoms with Crippen molar-refractivity contribution in [3.05, 3.63) is 58.3 Å². The molecule has 0 radical (unpaired) electrons. The van der Waals surface area contributed by atoms with Crippen LogP contribution in [-0.2, 0) is 16.0 Å². The quantitative estimate of drug-likeness (QED) is 0.283. The maximum absolute atomic E-state index is 11.5. The van der Waals surface area contributed by atoms with Gasteiger partial charge >= 0.3 is 5.97 Å². The summed E-state index contributed by atoms with van der Waals surface area (Å²) >= 11 is 1.79. The molecule has 0 saturated carbocycles. The van der Waals surface area contributed by atoms with Crippen LogP contribution in [0, 0.1) is 0 Å². The molecule has 0 bridgehead atoms. The van der Waals surface area contributed by atoms with Gasteiger partial charge in [0.2, 0.25) is 0 Å². The number of esters is 1. The largest absolute Gasteiger partial charge is 0.466 e. The lowest BCUT2D eigenvalue weighted by atomic mass is 10.1. The number of ether oxygens (including phenoxy) is 1. The second-order valence-corrected chi connectivity index (χ2v) is 7.91. The molecule has 0 atom stereocenters. The van der Waals surface area contributed by atoms with E-state index in [1.165, 1.54) is 49.8 Å². The summed E-state index contributed by atoms with van der Waals surface area (Å²) in [5.74, 6) is -0.165. The van der Waals surface area contributed by atoms with E-state index in [4.69, 9.17) is 4.74 Å². The lowest BCUT2D eigenvalue weighted by molar-refractivity contribution is -0.142. The number of hydrogen-bond donors (Lipinski definition) is 1.